The van der Waals surface area contributed by atoms with Gasteiger partial charge in [-0.1, -0.05) is 13.8 Å². The van der Waals surface area contributed by atoms with Crippen LogP contribution in [0.4, 0.5) is 0 Å². The molecule has 0 atom stereocenters. The number of aryl methyl sites for hydroxylation is 1. The van der Waals surface area contributed by atoms with Crippen LogP contribution in [0.5, 0.6) is 0 Å². The topological polar surface area (TPSA) is 67.3 Å². The molecule has 1 heterocycles. The van der Waals surface area contributed by atoms with Gasteiger partial charge in [0.25, 0.3) is 0 Å². The third-order valence-electron chi connectivity index (χ3n) is 2.13. The molecule has 0 aliphatic rings. The second-order valence-corrected chi connectivity index (χ2v) is 5.16. The first-order valence-corrected chi connectivity index (χ1v) is 5.97. The van der Waals surface area contributed by atoms with Gasteiger partial charge in [0, 0.05) is 6.92 Å². The van der Waals surface area contributed by atoms with Crippen molar-refractivity contribution in [3.05, 3.63) is 15.6 Å². The molecule has 0 fully saturated rings. The number of aromatic carboxylic acids is 1. The number of aromatic nitrogens is 1. The maximum Gasteiger partial charge on any atom is 0.356 e. The second kappa shape index (κ2) is 5.21. The molecular formula is C11H15NO3S. The first-order valence-electron chi connectivity index (χ1n) is 5.15. The van der Waals surface area contributed by atoms with Crippen molar-refractivity contribution in [3.8, 4) is 0 Å². The number of carbonyl (C=O) groups excluding carboxylic acids is 1. The van der Waals surface area contributed by atoms with E-state index in [4.69, 9.17) is 5.11 Å². The number of rotatable bonds is 5. The molecule has 5 heteroatoms. The molecule has 0 saturated heterocycles. The van der Waals surface area contributed by atoms with Gasteiger partial charge in [-0.25, -0.2) is 9.78 Å². The van der Waals surface area contributed by atoms with Crippen LogP contribution in [0.3, 0.4) is 0 Å². The fourth-order valence-electron chi connectivity index (χ4n) is 1.27. The molecule has 0 aliphatic heterocycles. The Hall–Kier alpha value is -1.23. The summed E-state index contributed by atoms with van der Waals surface area (Å²) in [5.41, 5.74) is -0.101. The third kappa shape index (κ3) is 3.13. The molecule has 0 saturated carbocycles. The van der Waals surface area contributed by atoms with Crippen molar-refractivity contribution in [2.24, 2.45) is 5.92 Å². The number of carboxylic acids is 1. The molecule has 0 spiro atoms. The summed E-state index contributed by atoms with van der Waals surface area (Å²) in [5, 5.41) is 9.63. The lowest BCUT2D eigenvalue weighted by molar-refractivity contribution is 0.0687. The van der Waals surface area contributed by atoms with E-state index in [9.17, 15) is 9.59 Å². The van der Waals surface area contributed by atoms with Crippen LogP contribution in [0.2, 0.25) is 0 Å². The molecule has 0 aromatic carbocycles. The number of ketones is 1. The SMILES string of the molecule is CC(=O)c1sc(CCC(C)C)nc1C(=O)O. The lowest BCUT2D eigenvalue weighted by Crippen LogP contribution is -2.03. The molecule has 1 N–H and O–H groups in total. The van der Waals surface area contributed by atoms with E-state index in [1.807, 2.05) is 0 Å². The molecule has 0 radical (unpaired) electrons. The molecule has 0 amide bonds. The van der Waals surface area contributed by atoms with Crippen molar-refractivity contribution in [3.63, 3.8) is 0 Å². The molecule has 1 aromatic rings. The smallest absolute Gasteiger partial charge is 0.356 e. The van der Waals surface area contributed by atoms with Crippen LogP contribution in [-0.4, -0.2) is 21.8 Å². The van der Waals surface area contributed by atoms with Crippen LogP contribution in [0.1, 0.15) is 52.4 Å². The number of hydrogen-bond acceptors (Lipinski definition) is 4. The predicted molar refractivity (Wildman–Crippen MR) is 62.2 cm³/mol. The minimum atomic E-state index is -1.13. The van der Waals surface area contributed by atoms with Crippen LogP contribution in [0, 0.1) is 5.92 Å². The highest BCUT2D eigenvalue weighted by Crippen LogP contribution is 2.21. The molecule has 0 aliphatic carbocycles. The van der Waals surface area contributed by atoms with Crippen LogP contribution < -0.4 is 0 Å². The van der Waals surface area contributed by atoms with Crippen molar-refractivity contribution in [2.75, 3.05) is 0 Å². The summed E-state index contributed by atoms with van der Waals surface area (Å²) in [4.78, 5) is 26.4. The maximum absolute atomic E-state index is 11.2. The fraction of sp³-hybridized carbons (Fsp3) is 0.545. The van der Waals surface area contributed by atoms with E-state index in [1.54, 1.807) is 0 Å². The number of carbonyl (C=O) groups is 2. The molecule has 0 unspecified atom stereocenters. The first-order chi connectivity index (χ1) is 7.41. The average molecular weight is 241 g/mol. The summed E-state index contributed by atoms with van der Waals surface area (Å²) >= 11 is 1.20. The van der Waals surface area contributed by atoms with Crippen molar-refractivity contribution in [2.45, 2.75) is 33.6 Å². The monoisotopic (exact) mass is 241 g/mol. The number of carboxylic acid groups (broad SMARTS) is 1. The summed E-state index contributed by atoms with van der Waals surface area (Å²) < 4.78 is 0. The van der Waals surface area contributed by atoms with Crippen molar-refractivity contribution >= 4 is 23.1 Å². The molecular weight excluding hydrogens is 226 g/mol. The van der Waals surface area contributed by atoms with E-state index in [1.165, 1.54) is 18.3 Å². The Balaban J connectivity index is 2.93. The Kier molecular flexibility index (Phi) is 4.18. The summed E-state index contributed by atoms with van der Waals surface area (Å²) in [6, 6.07) is 0. The van der Waals surface area contributed by atoms with Gasteiger partial charge in [0.05, 0.1) is 5.01 Å². The Morgan fingerprint density at radius 1 is 1.44 bits per heavy atom. The summed E-state index contributed by atoms with van der Waals surface area (Å²) in [6.07, 6.45) is 1.68. The predicted octanol–water partition coefficient (Wildman–Crippen LogP) is 2.63. The van der Waals surface area contributed by atoms with E-state index in [2.05, 4.69) is 18.8 Å². The zero-order chi connectivity index (χ0) is 12.3. The van der Waals surface area contributed by atoms with Gasteiger partial charge < -0.3 is 5.11 Å². The Bertz CT molecular complexity index is 378. The standard InChI is InChI=1S/C11H15NO3S/c1-6(2)4-5-8-12-9(11(14)15)10(16-8)7(3)13/h6H,4-5H2,1-3H3,(H,14,15). The molecule has 4 nitrogen and oxygen atoms in total. The van der Waals surface area contributed by atoms with Gasteiger partial charge in [0.15, 0.2) is 11.5 Å². The lowest BCUT2D eigenvalue weighted by atomic mass is 10.1. The van der Waals surface area contributed by atoms with E-state index < -0.39 is 5.97 Å². The largest absolute Gasteiger partial charge is 0.476 e. The first kappa shape index (κ1) is 12.8. The molecule has 0 bridgehead atoms. The van der Waals surface area contributed by atoms with Crippen LogP contribution >= 0.6 is 11.3 Å². The van der Waals surface area contributed by atoms with E-state index in [0.717, 1.165) is 17.8 Å². The number of hydrogen-bond donors (Lipinski definition) is 1. The van der Waals surface area contributed by atoms with E-state index in [0.29, 0.717) is 5.92 Å². The van der Waals surface area contributed by atoms with Crippen molar-refractivity contribution < 1.29 is 14.7 Å². The zero-order valence-electron chi connectivity index (χ0n) is 9.61. The van der Waals surface area contributed by atoms with E-state index >= 15 is 0 Å². The zero-order valence-corrected chi connectivity index (χ0v) is 10.4. The van der Waals surface area contributed by atoms with Gasteiger partial charge in [-0.15, -0.1) is 11.3 Å². The number of thiazole rings is 1. The Morgan fingerprint density at radius 2 is 2.06 bits per heavy atom. The van der Waals surface area contributed by atoms with Gasteiger partial charge in [0.1, 0.15) is 4.88 Å². The molecule has 1 aromatic heterocycles. The van der Waals surface area contributed by atoms with E-state index in [-0.39, 0.29) is 16.4 Å². The number of nitrogens with zero attached hydrogens (tertiary/aromatic N) is 1. The van der Waals surface area contributed by atoms with Gasteiger partial charge in [-0.3, -0.25) is 4.79 Å². The Morgan fingerprint density at radius 3 is 2.44 bits per heavy atom. The lowest BCUT2D eigenvalue weighted by Gasteiger charge is -1.99. The van der Waals surface area contributed by atoms with Crippen molar-refractivity contribution in [1.82, 2.24) is 4.98 Å². The highest BCUT2D eigenvalue weighted by atomic mass is 32.1. The normalized spacial score (nSPS) is 10.8. The van der Waals surface area contributed by atoms with Crippen LogP contribution in [0.15, 0.2) is 0 Å². The van der Waals surface area contributed by atoms with Crippen LogP contribution in [0.25, 0.3) is 0 Å². The minimum absolute atomic E-state index is 0.101. The summed E-state index contributed by atoms with van der Waals surface area (Å²) in [5.74, 6) is -0.819. The quantitative estimate of drug-likeness (QED) is 0.805. The molecule has 88 valence electrons. The fourth-order valence-corrected chi connectivity index (χ4v) is 2.23. The highest BCUT2D eigenvalue weighted by Gasteiger charge is 2.20. The van der Waals surface area contributed by atoms with Crippen molar-refractivity contribution in [1.29, 1.82) is 0 Å². The third-order valence-corrected chi connectivity index (χ3v) is 3.35. The van der Waals surface area contributed by atoms with Gasteiger partial charge in [-0.2, -0.15) is 0 Å². The second-order valence-electron chi connectivity index (χ2n) is 4.08. The maximum atomic E-state index is 11.2. The highest BCUT2D eigenvalue weighted by molar-refractivity contribution is 7.14. The molecule has 1 rings (SSSR count). The van der Waals surface area contributed by atoms with Gasteiger partial charge in [0.2, 0.25) is 0 Å². The average Bonchev–Trinajstić information content (AvgIpc) is 2.58. The number of Topliss-reactive ketones (excluding diaryl/α,β-unsaturated/α-hetero) is 1. The Labute approximate surface area is 98.3 Å². The summed E-state index contributed by atoms with van der Waals surface area (Å²) in [7, 11) is 0. The molecule has 16 heavy (non-hydrogen) atoms. The van der Waals surface area contributed by atoms with Crippen LogP contribution in [-0.2, 0) is 6.42 Å². The minimum Gasteiger partial charge on any atom is -0.476 e. The van der Waals surface area contributed by atoms with Gasteiger partial charge >= 0.3 is 5.97 Å². The van der Waals surface area contributed by atoms with Gasteiger partial charge in [-0.05, 0) is 18.8 Å². The summed E-state index contributed by atoms with van der Waals surface area (Å²) in [6.45, 7) is 5.56.